The van der Waals surface area contributed by atoms with Crippen molar-refractivity contribution in [3.05, 3.63) is 0 Å². The standard InChI is InChI=1S/C6H15NO3/c8-4-2-1-3-6(9)5-7-10/h6-10H,1-5H2. The zero-order valence-electron chi connectivity index (χ0n) is 5.95. The number of rotatable bonds is 6. The summed E-state index contributed by atoms with van der Waals surface area (Å²) in [6.07, 6.45) is 1.62. The van der Waals surface area contributed by atoms with Gasteiger partial charge in [0, 0.05) is 13.2 Å². The summed E-state index contributed by atoms with van der Waals surface area (Å²) in [7, 11) is 0. The number of nitrogens with one attached hydrogen (secondary N) is 1. The van der Waals surface area contributed by atoms with E-state index in [4.69, 9.17) is 15.4 Å². The fourth-order valence-corrected chi connectivity index (χ4v) is 0.699. The Kier molecular flexibility index (Phi) is 6.84. The van der Waals surface area contributed by atoms with Gasteiger partial charge in [-0.2, -0.15) is 0 Å². The van der Waals surface area contributed by atoms with Crippen molar-refractivity contribution < 1.29 is 15.4 Å². The molecule has 0 rings (SSSR count). The quantitative estimate of drug-likeness (QED) is 0.303. The first-order valence-electron chi connectivity index (χ1n) is 3.47. The maximum Gasteiger partial charge on any atom is 0.0687 e. The lowest BCUT2D eigenvalue weighted by Crippen LogP contribution is -2.23. The van der Waals surface area contributed by atoms with Crippen molar-refractivity contribution in [1.29, 1.82) is 0 Å². The normalized spacial score (nSPS) is 13.5. The molecule has 0 saturated heterocycles. The van der Waals surface area contributed by atoms with Gasteiger partial charge in [0.1, 0.15) is 0 Å². The summed E-state index contributed by atoms with van der Waals surface area (Å²) in [5, 5.41) is 25.5. The maximum atomic E-state index is 8.97. The Morgan fingerprint density at radius 3 is 2.50 bits per heavy atom. The van der Waals surface area contributed by atoms with E-state index >= 15 is 0 Å². The van der Waals surface area contributed by atoms with Crippen molar-refractivity contribution in [2.75, 3.05) is 13.2 Å². The molecule has 4 N–H and O–H groups in total. The van der Waals surface area contributed by atoms with E-state index in [0.717, 1.165) is 6.42 Å². The van der Waals surface area contributed by atoms with Crippen molar-refractivity contribution in [3.8, 4) is 0 Å². The molecule has 0 heterocycles. The van der Waals surface area contributed by atoms with E-state index < -0.39 is 6.10 Å². The highest BCUT2D eigenvalue weighted by atomic mass is 16.5. The first kappa shape index (κ1) is 9.84. The number of unbranched alkanes of at least 4 members (excludes halogenated alkanes) is 1. The molecule has 1 unspecified atom stereocenters. The molecule has 0 aromatic carbocycles. The first-order valence-corrected chi connectivity index (χ1v) is 3.47. The van der Waals surface area contributed by atoms with Gasteiger partial charge in [-0.05, 0) is 19.3 Å². The lowest BCUT2D eigenvalue weighted by atomic mass is 10.1. The lowest BCUT2D eigenvalue weighted by molar-refractivity contribution is 0.0848. The minimum Gasteiger partial charge on any atom is -0.396 e. The summed E-state index contributed by atoms with van der Waals surface area (Å²) in [4.78, 5) is 0. The Bertz CT molecular complexity index is 70.0. The van der Waals surface area contributed by atoms with Crippen molar-refractivity contribution in [2.24, 2.45) is 0 Å². The van der Waals surface area contributed by atoms with E-state index in [9.17, 15) is 0 Å². The van der Waals surface area contributed by atoms with Crippen molar-refractivity contribution >= 4 is 0 Å². The highest BCUT2D eigenvalue weighted by molar-refractivity contribution is 4.55. The van der Waals surface area contributed by atoms with E-state index in [-0.39, 0.29) is 13.2 Å². The summed E-state index contributed by atoms with van der Waals surface area (Å²) in [5.74, 6) is 0. The largest absolute Gasteiger partial charge is 0.396 e. The van der Waals surface area contributed by atoms with E-state index in [0.29, 0.717) is 12.8 Å². The smallest absolute Gasteiger partial charge is 0.0687 e. The van der Waals surface area contributed by atoms with Gasteiger partial charge in [0.25, 0.3) is 0 Å². The van der Waals surface area contributed by atoms with Crippen LogP contribution < -0.4 is 5.48 Å². The molecule has 10 heavy (non-hydrogen) atoms. The molecule has 4 nitrogen and oxygen atoms in total. The van der Waals surface area contributed by atoms with Gasteiger partial charge in [-0.15, -0.1) is 0 Å². The molecule has 0 amide bonds. The van der Waals surface area contributed by atoms with Crippen LogP contribution in [-0.2, 0) is 0 Å². The third-order valence-corrected chi connectivity index (χ3v) is 1.27. The summed E-state index contributed by atoms with van der Waals surface area (Å²) in [6, 6.07) is 0. The lowest BCUT2D eigenvalue weighted by Gasteiger charge is -2.06. The van der Waals surface area contributed by atoms with Crippen LogP contribution in [0.4, 0.5) is 0 Å². The SMILES string of the molecule is OCCCCC(O)CNO. The predicted molar refractivity (Wildman–Crippen MR) is 36.7 cm³/mol. The van der Waals surface area contributed by atoms with Gasteiger partial charge in [-0.3, -0.25) is 0 Å². The topological polar surface area (TPSA) is 72.7 Å². The number of hydrogen-bond acceptors (Lipinski definition) is 4. The summed E-state index contributed by atoms with van der Waals surface area (Å²) < 4.78 is 0. The van der Waals surface area contributed by atoms with Gasteiger partial charge >= 0.3 is 0 Å². The molecule has 0 fully saturated rings. The third kappa shape index (κ3) is 5.97. The van der Waals surface area contributed by atoms with Gasteiger partial charge in [-0.1, -0.05) is 0 Å². The molecule has 0 spiro atoms. The number of hydroxylamine groups is 1. The van der Waals surface area contributed by atoms with Gasteiger partial charge < -0.3 is 15.4 Å². The minimum absolute atomic E-state index is 0.166. The summed E-state index contributed by atoms with van der Waals surface area (Å²) in [5.41, 5.74) is 1.88. The van der Waals surface area contributed by atoms with Crippen LogP contribution in [-0.4, -0.2) is 34.7 Å². The van der Waals surface area contributed by atoms with E-state index in [1.54, 1.807) is 0 Å². The zero-order chi connectivity index (χ0) is 7.82. The molecule has 0 aromatic heterocycles. The Morgan fingerprint density at radius 1 is 1.30 bits per heavy atom. The number of hydrogen-bond donors (Lipinski definition) is 4. The monoisotopic (exact) mass is 149 g/mol. The fourth-order valence-electron chi connectivity index (χ4n) is 0.699. The van der Waals surface area contributed by atoms with Crippen LogP contribution in [0.15, 0.2) is 0 Å². The number of aliphatic hydroxyl groups is 2. The predicted octanol–water partition coefficient (Wildman–Crippen LogP) is -0.511. The molecular weight excluding hydrogens is 134 g/mol. The third-order valence-electron chi connectivity index (χ3n) is 1.27. The van der Waals surface area contributed by atoms with Crippen LogP contribution in [0.1, 0.15) is 19.3 Å². The summed E-state index contributed by atoms with van der Waals surface area (Å²) in [6.45, 7) is 0.366. The van der Waals surface area contributed by atoms with Gasteiger partial charge in [-0.25, -0.2) is 5.48 Å². The molecule has 62 valence electrons. The van der Waals surface area contributed by atoms with Crippen molar-refractivity contribution in [3.63, 3.8) is 0 Å². The second kappa shape index (κ2) is 6.95. The highest BCUT2D eigenvalue weighted by Gasteiger charge is 2.00. The second-order valence-electron chi connectivity index (χ2n) is 2.24. The molecule has 0 aliphatic carbocycles. The molecule has 4 heteroatoms. The number of aliphatic hydroxyl groups excluding tert-OH is 2. The Labute approximate surface area is 60.5 Å². The molecule has 0 aromatic rings. The van der Waals surface area contributed by atoms with E-state index in [1.165, 1.54) is 0 Å². The zero-order valence-corrected chi connectivity index (χ0v) is 5.95. The van der Waals surface area contributed by atoms with Crippen LogP contribution in [0.3, 0.4) is 0 Å². The molecular formula is C6H15NO3. The molecule has 0 bridgehead atoms. The first-order chi connectivity index (χ1) is 4.81. The van der Waals surface area contributed by atoms with Crippen LogP contribution in [0.5, 0.6) is 0 Å². The Balaban J connectivity index is 2.97. The Hall–Kier alpha value is -0.160. The fraction of sp³-hybridized carbons (Fsp3) is 1.00. The van der Waals surface area contributed by atoms with Crippen LogP contribution in [0.25, 0.3) is 0 Å². The highest BCUT2D eigenvalue weighted by Crippen LogP contribution is 1.98. The Morgan fingerprint density at radius 2 is 2.00 bits per heavy atom. The van der Waals surface area contributed by atoms with Crippen molar-refractivity contribution in [1.82, 2.24) is 5.48 Å². The molecule has 1 atom stereocenters. The minimum atomic E-state index is -0.503. The van der Waals surface area contributed by atoms with Crippen molar-refractivity contribution in [2.45, 2.75) is 25.4 Å². The maximum absolute atomic E-state index is 8.97. The molecule has 0 aliphatic rings. The van der Waals surface area contributed by atoms with Gasteiger partial charge in [0.2, 0.25) is 0 Å². The van der Waals surface area contributed by atoms with Crippen LogP contribution in [0, 0.1) is 0 Å². The molecule has 0 saturated carbocycles. The van der Waals surface area contributed by atoms with Crippen LogP contribution >= 0.6 is 0 Å². The van der Waals surface area contributed by atoms with Crippen LogP contribution in [0.2, 0.25) is 0 Å². The summed E-state index contributed by atoms with van der Waals surface area (Å²) >= 11 is 0. The van der Waals surface area contributed by atoms with E-state index in [1.807, 2.05) is 5.48 Å². The average Bonchev–Trinajstić information content (AvgIpc) is 1.89. The van der Waals surface area contributed by atoms with Gasteiger partial charge in [0.05, 0.1) is 6.10 Å². The second-order valence-corrected chi connectivity index (χ2v) is 2.24. The molecule has 0 aliphatic heterocycles. The van der Waals surface area contributed by atoms with E-state index in [2.05, 4.69) is 0 Å². The molecule has 0 radical (unpaired) electrons. The average molecular weight is 149 g/mol. The van der Waals surface area contributed by atoms with Gasteiger partial charge in [0.15, 0.2) is 0 Å².